The van der Waals surface area contributed by atoms with Crippen molar-refractivity contribution in [1.82, 2.24) is 0 Å². The maximum atomic E-state index is 5.77. The molecule has 0 spiro atoms. The summed E-state index contributed by atoms with van der Waals surface area (Å²) in [6, 6.07) is 6.15. The largest absolute Gasteiger partial charge is 0.370 e. The summed E-state index contributed by atoms with van der Waals surface area (Å²) < 4.78 is 0. The van der Waals surface area contributed by atoms with E-state index in [0.717, 1.165) is 18.7 Å². The molecule has 0 unspecified atom stereocenters. The third-order valence-corrected chi connectivity index (χ3v) is 2.24. The fourth-order valence-electron chi connectivity index (χ4n) is 1.41. The van der Waals surface area contributed by atoms with E-state index in [1.807, 2.05) is 6.07 Å². The van der Waals surface area contributed by atoms with Crippen LogP contribution in [0.2, 0.25) is 0 Å². The Morgan fingerprint density at radius 3 is 2.47 bits per heavy atom. The molecule has 0 aliphatic rings. The van der Waals surface area contributed by atoms with Gasteiger partial charge in [-0.05, 0) is 31.4 Å². The molecule has 0 fully saturated rings. The van der Waals surface area contributed by atoms with Gasteiger partial charge in [-0.1, -0.05) is 25.1 Å². The quantitative estimate of drug-likeness (QED) is 0.588. The molecule has 0 aliphatic heterocycles. The molecule has 3 nitrogen and oxygen atoms in total. The average Bonchev–Trinajstić information content (AvgIpc) is 2.21. The Bertz CT molecular complexity index is 336. The van der Waals surface area contributed by atoms with Crippen molar-refractivity contribution < 1.29 is 0 Å². The molecular formula is C12H19N3. The second-order valence-electron chi connectivity index (χ2n) is 3.66. The Hall–Kier alpha value is -1.51. The lowest BCUT2D eigenvalue weighted by Crippen LogP contribution is -2.23. The molecule has 1 aromatic carbocycles. The van der Waals surface area contributed by atoms with E-state index in [9.17, 15) is 0 Å². The van der Waals surface area contributed by atoms with Gasteiger partial charge >= 0.3 is 0 Å². The molecule has 0 aliphatic carbocycles. The summed E-state index contributed by atoms with van der Waals surface area (Å²) in [5, 5.41) is 3.14. The van der Waals surface area contributed by atoms with Crippen LogP contribution in [-0.4, -0.2) is 12.5 Å². The van der Waals surface area contributed by atoms with E-state index in [1.165, 1.54) is 11.1 Å². The van der Waals surface area contributed by atoms with Crippen molar-refractivity contribution >= 4 is 11.6 Å². The van der Waals surface area contributed by atoms with Crippen molar-refractivity contribution in [1.29, 1.82) is 0 Å². The first-order chi connectivity index (χ1) is 7.15. The Labute approximate surface area is 91.4 Å². The van der Waals surface area contributed by atoms with Gasteiger partial charge in [-0.3, -0.25) is 4.99 Å². The molecule has 0 radical (unpaired) electrons. The lowest BCUT2D eigenvalue weighted by atomic mass is 10.1. The van der Waals surface area contributed by atoms with Gasteiger partial charge in [0.1, 0.15) is 0 Å². The van der Waals surface area contributed by atoms with Gasteiger partial charge < -0.3 is 11.1 Å². The van der Waals surface area contributed by atoms with Gasteiger partial charge in [0.25, 0.3) is 0 Å². The fourth-order valence-corrected chi connectivity index (χ4v) is 1.41. The number of nitrogens with one attached hydrogen (secondary N) is 1. The van der Waals surface area contributed by atoms with Crippen molar-refractivity contribution in [2.45, 2.75) is 27.2 Å². The third kappa shape index (κ3) is 3.27. The Morgan fingerprint density at radius 1 is 1.33 bits per heavy atom. The minimum absolute atomic E-state index is 0.495. The van der Waals surface area contributed by atoms with E-state index in [-0.39, 0.29) is 0 Å². The molecule has 3 N–H and O–H groups in total. The van der Waals surface area contributed by atoms with Crippen LogP contribution in [0.3, 0.4) is 0 Å². The van der Waals surface area contributed by atoms with Gasteiger partial charge in [-0.2, -0.15) is 0 Å². The molecule has 3 heteroatoms. The van der Waals surface area contributed by atoms with Crippen LogP contribution >= 0.6 is 0 Å². The zero-order valence-electron chi connectivity index (χ0n) is 9.67. The summed E-state index contributed by atoms with van der Waals surface area (Å²) in [5.74, 6) is 0.495. The molecule has 0 atom stereocenters. The third-order valence-electron chi connectivity index (χ3n) is 2.24. The minimum atomic E-state index is 0.495. The first kappa shape index (κ1) is 11.6. The van der Waals surface area contributed by atoms with Crippen molar-refractivity contribution in [3.05, 3.63) is 29.3 Å². The summed E-state index contributed by atoms with van der Waals surface area (Å²) in [6.07, 6.45) is 1.01. The normalized spacial score (nSPS) is 11.5. The second kappa shape index (κ2) is 5.39. The molecule has 82 valence electrons. The first-order valence-corrected chi connectivity index (χ1v) is 5.28. The monoisotopic (exact) mass is 205 g/mol. The summed E-state index contributed by atoms with van der Waals surface area (Å²) in [5.41, 5.74) is 9.20. The standard InChI is InChI=1S/C12H19N3/c1-4-8-14-12(13)15-11-9(2)6-5-7-10(11)3/h5-7H,4,8H2,1-3H3,(H3,13,14,15). The second-order valence-corrected chi connectivity index (χ2v) is 3.66. The van der Waals surface area contributed by atoms with E-state index in [2.05, 4.69) is 43.2 Å². The predicted octanol–water partition coefficient (Wildman–Crippen LogP) is 2.44. The Morgan fingerprint density at radius 2 is 1.93 bits per heavy atom. The Balaban J connectivity index is 2.80. The summed E-state index contributed by atoms with van der Waals surface area (Å²) in [4.78, 5) is 4.20. The van der Waals surface area contributed by atoms with E-state index in [0.29, 0.717) is 5.96 Å². The molecule has 0 amide bonds. The van der Waals surface area contributed by atoms with Crippen LogP contribution in [0.15, 0.2) is 23.2 Å². The van der Waals surface area contributed by atoms with Crippen LogP contribution in [0.5, 0.6) is 0 Å². The van der Waals surface area contributed by atoms with Gasteiger partial charge in [-0.15, -0.1) is 0 Å². The van der Waals surface area contributed by atoms with Crippen LogP contribution in [-0.2, 0) is 0 Å². The highest BCUT2D eigenvalue weighted by molar-refractivity contribution is 5.93. The average molecular weight is 205 g/mol. The molecule has 0 saturated carbocycles. The van der Waals surface area contributed by atoms with Gasteiger partial charge in [0.15, 0.2) is 5.96 Å². The highest BCUT2D eigenvalue weighted by atomic mass is 15.1. The van der Waals surface area contributed by atoms with Gasteiger partial charge in [0, 0.05) is 12.2 Å². The molecule has 1 aromatic rings. The number of nitrogens with zero attached hydrogens (tertiary/aromatic N) is 1. The van der Waals surface area contributed by atoms with E-state index >= 15 is 0 Å². The number of benzene rings is 1. The SMILES string of the molecule is CCCN=C(N)Nc1c(C)cccc1C. The van der Waals surface area contributed by atoms with Crippen molar-refractivity contribution in [2.24, 2.45) is 10.7 Å². The zero-order valence-corrected chi connectivity index (χ0v) is 9.67. The topological polar surface area (TPSA) is 50.4 Å². The van der Waals surface area contributed by atoms with E-state index in [1.54, 1.807) is 0 Å². The number of hydrogen-bond acceptors (Lipinski definition) is 1. The van der Waals surface area contributed by atoms with E-state index < -0.39 is 0 Å². The lowest BCUT2D eigenvalue weighted by molar-refractivity contribution is 0.929. The number of para-hydroxylation sites is 1. The molecule has 0 aromatic heterocycles. The van der Waals surface area contributed by atoms with Gasteiger partial charge in [0.05, 0.1) is 0 Å². The number of nitrogens with two attached hydrogens (primary N) is 1. The van der Waals surface area contributed by atoms with Crippen LogP contribution in [0, 0.1) is 13.8 Å². The van der Waals surface area contributed by atoms with Gasteiger partial charge in [-0.25, -0.2) is 0 Å². The number of hydrogen-bond donors (Lipinski definition) is 2. The van der Waals surface area contributed by atoms with Crippen LogP contribution < -0.4 is 11.1 Å². The summed E-state index contributed by atoms with van der Waals surface area (Å²) in [7, 11) is 0. The number of anilines is 1. The van der Waals surface area contributed by atoms with Crippen molar-refractivity contribution in [2.75, 3.05) is 11.9 Å². The highest BCUT2D eigenvalue weighted by Gasteiger charge is 2.01. The van der Waals surface area contributed by atoms with Crippen molar-refractivity contribution in [3.63, 3.8) is 0 Å². The number of guanidine groups is 1. The maximum Gasteiger partial charge on any atom is 0.193 e. The minimum Gasteiger partial charge on any atom is -0.370 e. The predicted molar refractivity (Wildman–Crippen MR) is 66.3 cm³/mol. The number of rotatable bonds is 3. The molecule has 0 saturated heterocycles. The van der Waals surface area contributed by atoms with Crippen molar-refractivity contribution in [3.8, 4) is 0 Å². The van der Waals surface area contributed by atoms with Gasteiger partial charge in [0.2, 0.25) is 0 Å². The zero-order chi connectivity index (χ0) is 11.3. The molecule has 0 heterocycles. The Kier molecular flexibility index (Phi) is 4.16. The summed E-state index contributed by atoms with van der Waals surface area (Å²) in [6.45, 7) is 6.96. The smallest absolute Gasteiger partial charge is 0.193 e. The first-order valence-electron chi connectivity index (χ1n) is 5.28. The molecule has 15 heavy (non-hydrogen) atoms. The van der Waals surface area contributed by atoms with Crippen LogP contribution in [0.4, 0.5) is 5.69 Å². The molecule has 0 bridgehead atoms. The fraction of sp³-hybridized carbons (Fsp3) is 0.417. The number of aliphatic imine (C=N–C) groups is 1. The molecular weight excluding hydrogens is 186 g/mol. The maximum absolute atomic E-state index is 5.77. The van der Waals surface area contributed by atoms with Crippen LogP contribution in [0.25, 0.3) is 0 Å². The molecule has 1 rings (SSSR count). The lowest BCUT2D eigenvalue weighted by Gasteiger charge is -2.11. The summed E-state index contributed by atoms with van der Waals surface area (Å²) >= 11 is 0. The highest BCUT2D eigenvalue weighted by Crippen LogP contribution is 2.18. The number of aryl methyl sites for hydroxylation is 2. The van der Waals surface area contributed by atoms with E-state index in [4.69, 9.17) is 5.73 Å². The van der Waals surface area contributed by atoms with Crippen LogP contribution in [0.1, 0.15) is 24.5 Å².